The van der Waals surface area contributed by atoms with Crippen LogP contribution >= 0.6 is 0 Å². The molecule has 1 heterocycles. The molecular weight excluding hydrogens is 258 g/mol. The van der Waals surface area contributed by atoms with Crippen molar-refractivity contribution in [2.45, 2.75) is 31.9 Å². The van der Waals surface area contributed by atoms with Crippen LogP contribution in [0.3, 0.4) is 0 Å². The van der Waals surface area contributed by atoms with E-state index in [9.17, 15) is 9.59 Å². The maximum Gasteiger partial charge on any atom is 0.314 e. The molecule has 3 rings (SSSR count). The summed E-state index contributed by atoms with van der Waals surface area (Å²) in [6.45, 7) is 2.75. The molecular formula is C14H17N3O3. The van der Waals surface area contributed by atoms with Crippen LogP contribution in [0.1, 0.15) is 19.8 Å². The van der Waals surface area contributed by atoms with E-state index in [1.54, 1.807) is 6.07 Å². The molecule has 0 radical (unpaired) electrons. The fourth-order valence-corrected chi connectivity index (χ4v) is 2.50. The SMILES string of the molecule is CCOC1CC(Nc2ccc3[nH]c(=O)c(=O)[nH]c3c2)C1. The zero-order chi connectivity index (χ0) is 14.1. The lowest BCUT2D eigenvalue weighted by atomic mass is 9.89. The molecule has 0 atom stereocenters. The van der Waals surface area contributed by atoms with Crippen LogP contribution in [-0.2, 0) is 4.74 Å². The molecule has 1 aromatic heterocycles. The highest BCUT2D eigenvalue weighted by molar-refractivity contribution is 5.78. The highest BCUT2D eigenvalue weighted by Gasteiger charge is 2.29. The van der Waals surface area contributed by atoms with Crippen molar-refractivity contribution in [3.05, 3.63) is 38.9 Å². The second-order valence-corrected chi connectivity index (χ2v) is 5.06. The van der Waals surface area contributed by atoms with Crippen LogP contribution < -0.4 is 16.4 Å². The average molecular weight is 275 g/mol. The molecule has 0 bridgehead atoms. The number of hydrogen-bond acceptors (Lipinski definition) is 4. The topological polar surface area (TPSA) is 87.0 Å². The van der Waals surface area contributed by atoms with Gasteiger partial charge in [0.25, 0.3) is 0 Å². The molecule has 3 N–H and O–H groups in total. The van der Waals surface area contributed by atoms with Crippen LogP contribution in [0.2, 0.25) is 0 Å². The van der Waals surface area contributed by atoms with E-state index in [-0.39, 0.29) is 0 Å². The van der Waals surface area contributed by atoms with Gasteiger partial charge in [0.2, 0.25) is 0 Å². The molecule has 1 aromatic carbocycles. The lowest BCUT2D eigenvalue weighted by Crippen LogP contribution is -2.40. The largest absolute Gasteiger partial charge is 0.382 e. The normalized spacial score (nSPS) is 21.6. The Labute approximate surface area is 115 Å². The van der Waals surface area contributed by atoms with E-state index in [0.717, 1.165) is 25.1 Å². The van der Waals surface area contributed by atoms with E-state index in [2.05, 4.69) is 15.3 Å². The van der Waals surface area contributed by atoms with Crippen molar-refractivity contribution >= 4 is 16.7 Å². The highest BCUT2D eigenvalue weighted by Crippen LogP contribution is 2.27. The van der Waals surface area contributed by atoms with Gasteiger partial charge in [0.15, 0.2) is 0 Å². The first kappa shape index (κ1) is 12.9. The molecule has 1 fully saturated rings. The van der Waals surface area contributed by atoms with E-state index in [1.807, 2.05) is 19.1 Å². The Hall–Kier alpha value is -2.08. The van der Waals surface area contributed by atoms with Crippen LogP contribution in [0.5, 0.6) is 0 Å². The predicted molar refractivity (Wildman–Crippen MR) is 77.2 cm³/mol. The number of benzene rings is 1. The highest BCUT2D eigenvalue weighted by atomic mass is 16.5. The molecule has 1 aliphatic carbocycles. The summed E-state index contributed by atoms with van der Waals surface area (Å²) in [5.41, 5.74) is 0.924. The molecule has 0 amide bonds. The molecule has 6 heteroatoms. The fourth-order valence-electron chi connectivity index (χ4n) is 2.50. The van der Waals surface area contributed by atoms with Gasteiger partial charge >= 0.3 is 11.1 Å². The predicted octanol–water partition coefficient (Wildman–Crippen LogP) is 1.20. The summed E-state index contributed by atoms with van der Waals surface area (Å²) in [5, 5.41) is 3.40. The first-order chi connectivity index (χ1) is 9.65. The summed E-state index contributed by atoms with van der Waals surface area (Å²) >= 11 is 0. The monoisotopic (exact) mass is 275 g/mol. The van der Waals surface area contributed by atoms with Crippen LogP contribution in [-0.4, -0.2) is 28.7 Å². The van der Waals surface area contributed by atoms with Crippen molar-refractivity contribution < 1.29 is 4.74 Å². The van der Waals surface area contributed by atoms with Crippen LogP contribution in [0.4, 0.5) is 5.69 Å². The molecule has 106 valence electrons. The third-order valence-corrected chi connectivity index (χ3v) is 3.59. The van der Waals surface area contributed by atoms with Gasteiger partial charge in [-0.1, -0.05) is 0 Å². The average Bonchev–Trinajstić information content (AvgIpc) is 2.38. The van der Waals surface area contributed by atoms with Gasteiger partial charge in [-0.2, -0.15) is 0 Å². The van der Waals surface area contributed by atoms with Gasteiger partial charge in [-0.15, -0.1) is 0 Å². The molecule has 0 spiro atoms. The number of rotatable bonds is 4. The number of aromatic nitrogens is 2. The van der Waals surface area contributed by atoms with Gasteiger partial charge in [-0.05, 0) is 38.0 Å². The number of hydrogen-bond donors (Lipinski definition) is 3. The minimum absolute atomic E-state index is 0.356. The van der Waals surface area contributed by atoms with E-state index < -0.39 is 11.1 Å². The zero-order valence-corrected chi connectivity index (χ0v) is 11.2. The number of ether oxygens (including phenoxy) is 1. The van der Waals surface area contributed by atoms with Gasteiger partial charge in [0.05, 0.1) is 17.1 Å². The summed E-state index contributed by atoms with van der Waals surface area (Å²) in [7, 11) is 0. The zero-order valence-electron chi connectivity index (χ0n) is 11.2. The molecule has 0 unspecified atom stereocenters. The lowest BCUT2D eigenvalue weighted by Gasteiger charge is -2.36. The molecule has 0 aliphatic heterocycles. The third kappa shape index (κ3) is 2.46. The quantitative estimate of drug-likeness (QED) is 0.732. The summed E-state index contributed by atoms with van der Waals surface area (Å²) in [4.78, 5) is 27.6. The molecule has 1 aliphatic rings. The smallest absolute Gasteiger partial charge is 0.314 e. The molecule has 1 saturated carbocycles. The van der Waals surface area contributed by atoms with Crippen LogP contribution in [0.15, 0.2) is 27.8 Å². The Morgan fingerprint density at radius 2 is 1.90 bits per heavy atom. The van der Waals surface area contributed by atoms with Crippen molar-refractivity contribution in [2.75, 3.05) is 11.9 Å². The number of H-pyrrole nitrogens is 2. The van der Waals surface area contributed by atoms with Crippen LogP contribution in [0, 0.1) is 0 Å². The third-order valence-electron chi connectivity index (χ3n) is 3.59. The summed E-state index contributed by atoms with van der Waals surface area (Å²) in [5.74, 6) is 0. The Balaban J connectivity index is 1.75. The first-order valence-electron chi connectivity index (χ1n) is 6.80. The summed E-state index contributed by atoms with van der Waals surface area (Å²) < 4.78 is 5.52. The minimum atomic E-state index is -0.630. The number of fused-ring (bicyclic) bond motifs is 1. The fraction of sp³-hybridized carbons (Fsp3) is 0.429. The van der Waals surface area contributed by atoms with Crippen molar-refractivity contribution in [2.24, 2.45) is 0 Å². The second kappa shape index (κ2) is 5.13. The Morgan fingerprint density at radius 3 is 2.60 bits per heavy atom. The summed E-state index contributed by atoms with van der Waals surface area (Å²) in [6.07, 6.45) is 2.34. The summed E-state index contributed by atoms with van der Waals surface area (Å²) in [6, 6.07) is 5.91. The first-order valence-corrected chi connectivity index (χ1v) is 6.80. The standard InChI is InChI=1S/C14H17N3O3/c1-2-20-10-5-9(6-10)15-8-3-4-11-12(7-8)17-14(19)13(18)16-11/h3-4,7,9-10,15H,2,5-6H2,1H3,(H,16,18)(H,17,19). The molecule has 2 aromatic rings. The second-order valence-electron chi connectivity index (χ2n) is 5.06. The molecule has 0 saturated heterocycles. The van der Waals surface area contributed by atoms with E-state index >= 15 is 0 Å². The lowest BCUT2D eigenvalue weighted by molar-refractivity contribution is 0.00299. The van der Waals surface area contributed by atoms with Gasteiger partial charge in [0.1, 0.15) is 0 Å². The van der Waals surface area contributed by atoms with Crippen molar-refractivity contribution in [1.29, 1.82) is 0 Å². The Kier molecular flexibility index (Phi) is 3.31. The number of nitrogens with one attached hydrogen (secondary N) is 3. The van der Waals surface area contributed by atoms with E-state index in [0.29, 0.717) is 23.2 Å². The number of aromatic amines is 2. The van der Waals surface area contributed by atoms with E-state index in [4.69, 9.17) is 4.74 Å². The van der Waals surface area contributed by atoms with Crippen LogP contribution in [0.25, 0.3) is 11.0 Å². The van der Waals surface area contributed by atoms with Gasteiger partial charge < -0.3 is 20.0 Å². The van der Waals surface area contributed by atoms with Gasteiger partial charge in [-0.3, -0.25) is 9.59 Å². The molecule has 6 nitrogen and oxygen atoms in total. The Morgan fingerprint density at radius 1 is 1.20 bits per heavy atom. The minimum Gasteiger partial charge on any atom is -0.382 e. The van der Waals surface area contributed by atoms with Crippen molar-refractivity contribution in [3.63, 3.8) is 0 Å². The Bertz CT molecular complexity index is 728. The maximum atomic E-state index is 11.3. The van der Waals surface area contributed by atoms with Crippen molar-refractivity contribution in [3.8, 4) is 0 Å². The molecule has 20 heavy (non-hydrogen) atoms. The maximum absolute atomic E-state index is 11.3. The van der Waals surface area contributed by atoms with E-state index in [1.165, 1.54) is 0 Å². The van der Waals surface area contributed by atoms with Crippen molar-refractivity contribution in [1.82, 2.24) is 9.97 Å². The van der Waals surface area contributed by atoms with Gasteiger partial charge in [-0.25, -0.2) is 0 Å². The van der Waals surface area contributed by atoms with Gasteiger partial charge in [0, 0.05) is 18.3 Å². The number of anilines is 1.